The van der Waals surface area contributed by atoms with E-state index in [0.29, 0.717) is 17.1 Å². The van der Waals surface area contributed by atoms with Crippen LogP contribution in [0, 0.1) is 0 Å². The zero-order valence-electron chi connectivity index (χ0n) is 12.5. The van der Waals surface area contributed by atoms with Crippen LogP contribution in [-0.4, -0.2) is 28.9 Å². The molecule has 4 rings (SSSR count). The second-order valence-electron chi connectivity index (χ2n) is 5.07. The number of thiophene rings is 1. The molecule has 25 heavy (non-hydrogen) atoms. The van der Waals surface area contributed by atoms with Gasteiger partial charge in [0.05, 0.1) is 0 Å². The minimum Gasteiger partial charge on any atom is -0.477 e. The second kappa shape index (κ2) is 5.95. The van der Waals surface area contributed by atoms with Gasteiger partial charge in [-0.3, -0.25) is 10.1 Å². The minimum absolute atomic E-state index is 0.0929. The fourth-order valence-corrected chi connectivity index (χ4v) is 3.02. The van der Waals surface area contributed by atoms with Crippen LogP contribution in [-0.2, 0) is 0 Å². The third kappa shape index (κ3) is 2.70. The number of nitrogens with one attached hydrogen (secondary N) is 1. The molecule has 1 aromatic carbocycles. The van der Waals surface area contributed by atoms with Crippen molar-refractivity contribution < 1.29 is 28.7 Å². The Balaban J connectivity index is 1.64. The SMILES string of the molecule is O=C(Nc1onc(-c2ccsc2)c1C(=O)O)c1ccc2c(c1)OCO2. The van der Waals surface area contributed by atoms with Crippen LogP contribution in [0.15, 0.2) is 39.5 Å². The smallest absolute Gasteiger partial charge is 0.343 e. The van der Waals surface area contributed by atoms with Crippen molar-refractivity contribution in [2.75, 3.05) is 12.1 Å². The molecule has 1 aliphatic heterocycles. The molecule has 3 heterocycles. The highest BCUT2D eigenvalue weighted by Crippen LogP contribution is 2.34. The molecular formula is C16H10N2O6S. The summed E-state index contributed by atoms with van der Waals surface area (Å²) in [5.41, 5.74) is 0.839. The summed E-state index contributed by atoms with van der Waals surface area (Å²) >= 11 is 1.40. The highest BCUT2D eigenvalue weighted by Gasteiger charge is 2.26. The molecule has 126 valence electrons. The normalized spacial score (nSPS) is 12.2. The van der Waals surface area contributed by atoms with E-state index in [1.807, 2.05) is 0 Å². The number of hydrogen-bond acceptors (Lipinski definition) is 7. The van der Waals surface area contributed by atoms with E-state index in [4.69, 9.17) is 14.0 Å². The summed E-state index contributed by atoms with van der Waals surface area (Å²) < 4.78 is 15.5. The van der Waals surface area contributed by atoms with Gasteiger partial charge < -0.3 is 19.1 Å². The van der Waals surface area contributed by atoms with Crippen molar-refractivity contribution in [3.05, 3.63) is 46.2 Å². The molecule has 0 atom stereocenters. The highest BCUT2D eigenvalue weighted by atomic mass is 32.1. The van der Waals surface area contributed by atoms with Gasteiger partial charge in [-0.15, -0.1) is 0 Å². The van der Waals surface area contributed by atoms with Gasteiger partial charge >= 0.3 is 5.97 Å². The first-order valence-electron chi connectivity index (χ1n) is 7.10. The van der Waals surface area contributed by atoms with Gasteiger partial charge in [0.1, 0.15) is 5.69 Å². The van der Waals surface area contributed by atoms with Gasteiger partial charge in [0, 0.05) is 16.5 Å². The van der Waals surface area contributed by atoms with Gasteiger partial charge in [-0.05, 0) is 29.6 Å². The molecule has 1 aliphatic rings. The lowest BCUT2D eigenvalue weighted by atomic mass is 10.1. The van der Waals surface area contributed by atoms with Crippen molar-refractivity contribution >= 4 is 29.1 Å². The van der Waals surface area contributed by atoms with Crippen molar-refractivity contribution in [2.24, 2.45) is 0 Å². The summed E-state index contributed by atoms with van der Waals surface area (Å²) in [6.07, 6.45) is 0. The number of amides is 1. The van der Waals surface area contributed by atoms with Crippen LogP contribution in [0.1, 0.15) is 20.7 Å². The first-order valence-corrected chi connectivity index (χ1v) is 8.04. The van der Waals surface area contributed by atoms with Gasteiger partial charge in [0.2, 0.25) is 12.7 Å². The zero-order valence-corrected chi connectivity index (χ0v) is 13.3. The van der Waals surface area contributed by atoms with Gasteiger partial charge in [-0.1, -0.05) is 5.16 Å². The van der Waals surface area contributed by atoms with Gasteiger partial charge in [0.25, 0.3) is 5.91 Å². The monoisotopic (exact) mass is 358 g/mol. The number of hydrogen-bond donors (Lipinski definition) is 2. The maximum Gasteiger partial charge on any atom is 0.343 e. The number of aromatic carboxylic acids is 1. The van der Waals surface area contributed by atoms with E-state index in [1.165, 1.54) is 17.4 Å². The number of fused-ring (bicyclic) bond motifs is 1. The summed E-state index contributed by atoms with van der Waals surface area (Å²) in [5.74, 6) is -1.03. The standard InChI is InChI=1S/C16H10N2O6S/c19-14(8-1-2-10-11(5-8)23-7-22-10)17-15-12(16(20)21)13(18-24-15)9-3-4-25-6-9/h1-6H,7H2,(H,17,19)(H,20,21). The van der Waals surface area contributed by atoms with Gasteiger partial charge in [0.15, 0.2) is 17.1 Å². The molecule has 0 aliphatic carbocycles. The molecule has 0 fully saturated rings. The van der Waals surface area contributed by atoms with Crippen molar-refractivity contribution in [3.8, 4) is 22.8 Å². The first kappa shape index (κ1) is 15.2. The fraction of sp³-hybridized carbons (Fsp3) is 0.0625. The molecule has 0 radical (unpaired) electrons. The summed E-state index contributed by atoms with van der Waals surface area (Å²) in [4.78, 5) is 24.0. The Kier molecular flexibility index (Phi) is 3.62. The lowest BCUT2D eigenvalue weighted by Crippen LogP contribution is -2.14. The van der Waals surface area contributed by atoms with Crippen molar-refractivity contribution in [1.29, 1.82) is 0 Å². The van der Waals surface area contributed by atoms with Crippen LogP contribution in [0.4, 0.5) is 5.88 Å². The van der Waals surface area contributed by atoms with Crippen LogP contribution in [0.3, 0.4) is 0 Å². The molecule has 9 heteroatoms. The number of carboxylic acids is 1. The summed E-state index contributed by atoms with van der Waals surface area (Å²) in [7, 11) is 0. The molecule has 0 saturated heterocycles. The first-order chi connectivity index (χ1) is 12.1. The van der Waals surface area contributed by atoms with Crippen LogP contribution in [0.25, 0.3) is 11.3 Å². The maximum atomic E-state index is 12.4. The molecule has 1 amide bonds. The lowest BCUT2D eigenvalue weighted by molar-refractivity contribution is 0.0698. The van der Waals surface area contributed by atoms with Gasteiger partial charge in [-0.25, -0.2) is 4.79 Å². The number of rotatable bonds is 4. The summed E-state index contributed by atoms with van der Waals surface area (Å²) in [5, 5.41) is 19.2. The highest BCUT2D eigenvalue weighted by molar-refractivity contribution is 7.08. The Morgan fingerprint density at radius 1 is 1.20 bits per heavy atom. The molecule has 2 N–H and O–H groups in total. The number of benzene rings is 1. The number of carbonyl (C=O) groups is 2. The molecule has 0 saturated carbocycles. The van der Waals surface area contributed by atoms with Gasteiger partial charge in [-0.2, -0.15) is 11.3 Å². The maximum absolute atomic E-state index is 12.4. The number of ether oxygens (including phenoxy) is 2. The third-order valence-corrected chi connectivity index (χ3v) is 4.25. The summed E-state index contributed by atoms with van der Waals surface area (Å²) in [6, 6.07) is 6.37. The van der Waals surface area contributed by atoms with E-state index in [2.05, 4.69) is 10.5 Å². The second-order valence-corrected chi connectivity index (χ2v) is 5.85. The predicted octanol–water partition coefficient (Wildman–Crippen LogP) is 3.08. The number of nitrogens with zero attached hydrogens (tertiary/aromatic N) is 1. The van der Waals surface area contributed by atoms with Crippen molar-refractivity contribution in [2.45, 2.75) is 0 Å². The Hall–Kier alpha value is -3.33. The van der Waals surface area contributed by atoms with E-state index in [0.717, 1.165) is 0 Å². The number of aromatic nitrogens is 1. The average Bonchev–Trinajstić information content (AvgIpc) is 3.33. The van der Waals surface area contributed by atoms with E-state index in [1.54, 1.807) is 29.0 Å². The Bertz CT molecular complexity index is 963. The molecule has 3 aromatic rings. The molecule has 0 spiro atoms. The minimum atomic E-state index is -1.25. The summed E-state index contributed by atoms with van der Waals surface area (Å²) in [6.45, 7) is 0.0929. The van der Waals surface area contributed by atoms with E-state index in [-0.39, 0.29) is 29.5 Å². The van der Waals surface area contributed by atoms with Crippen LogP contribution in [0.2, 0.25) is 0 Å². The zero-order chi connectivity index (χ0) is 17.4. The number of carboxylic acid groups (broad SMARTS) is 1. The van der Waals surface area contributed by atoms with E-state index in [9.17, 15) is 14.7 Å². The van der Waals surface area contributed by atoms with Crippen molar-refractivity contribution in [3.63, 3.8) is 0 Å². The predicted molar refractivity (Wildman–Crippen MR) is 87.3 cm³/mol. The quantitative estimate of drug-likeness (QED) is 0.737. The van der Waals surface area contributed by atoms with Crippen LogP contribution in [0.5, 0.6) is 11.5 Å². The Morgan fingerprint density at radius 3 is 2.80 bits per heavy atom. The van der Waals surface area contributed by atoms with Crippen LogP contribution < -0.4 is 14.8 Å². The lowest BCUT2D eigenvalue weighted by Gasteiger charge is -2.04. The van der Waals surface area contributed by atoms with Crippen molar-refractivity contribution in [1.82, 2.24) is 5.16 Å². The molecular weight excluding hydrogens is 348 g/mol. The Labute approximate surface area is 144 Å². The topological polar surface area (TPSA) is 111 Å². The third-order valence-electron chi connectivity index (χ3n) is 3.56. The molecule has 0 bridgehead atoms. The fourth-order valence-electron chi connectivity index (χ4n) is 2.38. The molecule has 0 unspecified atom stereocenters. The van der Waals surface area contributed by atoms with E-state index >= 15 is 0 Å². The largest absolute Gasteiger partial charge is 0.477 e. The van der Waals surface area contributed by atoms with Crippen LogP contribution >= 0.6 is 11.3 Å². The molecule has 2 aromatic heterocycles. The number of carbonyl (C=O) groups excluding carboxylic acids is 1. The van der Waals surface area contributed by atoms with E-state index < -0.39 is 11.9 Å². The number of anilines is 1. The average molecular weight is 358 g/mol. The molecule has 8 nitrogen and oxygen atoms in total. The Morgan fingerprint density at radius 2 is 2.04 bits per heavy atom.